The maximum atomic E-state index is 4.49. The zero-order valence-electron chi connectivity index (χ0n) is 4.81. The van der Waals surface area contributed by atoms with Crippen LogP contribution in [0.3, 0.4) is 0 Å². The van der Waals surface area contributed by atoms with Gasteiger partial charge in [0.05, 0.1) is 13.2 Å². The molecule has 0 saturated carbocycles. The monoisotopic (exact) mass is 262 g/mol. The van der Waals surface area contributed by atoms with Crippen molar-refractivity contribution in [3.05, 3.63) is 0 Å². The highest BCUT2D eigenvalue weighted by Gasteiger charge is 1.86. The zero-order chi connectivity index (χ0) is 6.95. The van der Waals surface area contributed by atoms with Crippen LogP contribution in [0.1, 0.15) is 0 Å². The van der Waals surface area contributed by atoms with Crippen molar-refractivity contribution >= 4 is 31.9 Å². The molecular formula is C4H8Br2O3. The first-order chi connectivity index (χ1) is 4.41. The summed E-state index contributed by atoms with van der Waals surface area (Å²) in [5.41, 5.74) is 0. The van der Waals surface area contributed by atoms with E-state index >= 15 is 0 Å². The Hall–Kier alpha value is 0.840. The van der Waals surface area contributed by atoms with Crippen LogP contribution in [-0.2, 0) is 14.8 Å². The molecule has 0 N–H and O–H groups in total. The van der Waals surface area contributed by atoms with E-state index in [1.54, 1.807) is 0 Å². The Balaban J connectivity index is 2.60. The molecule has 0 aromatic heterocycles. The third-order valence-electron chi connectivity index (χ3n) is 0.417. The number of hydrogen-bond donors (Lipinski definition) is 0. The fourth-order valence-electron chi connectivity index (χ4n) is 0.165. The Bertz CT molecular complexity index is 47.1. The van der Waals surface area contributed by atoms with Gasteiger partial charge < -0.3 is 0 Å². The minimum Gasteiger partial charge on any atom is -0.205 e. The third kappa shape index (κ3) is 8.84. The summed E-state index contributed by atoms with van der Waals surface area (Å²) in [6, 6.07) is 0. The summed E-state index contributed by atoms with van der Waals surface area (Å²) in [4.78, 5) is 8.99. The van der Waals surface area contributed by atoms with Crippen LogP contribution in [0.4, 0.5) is 0 Å². The molecule has 0 spiro atoms. The minimum atomic E-state index is 0.488. The van der Waals surface area contributed by atoms with E-state index < -0.39 is 0 Å². The van der Waals surface area contributed by atoms with Gasteiger partial charge in [-0.1, -0.05) is 36.9 Å². The first-order valence-electron chi connectivity index (χ1n) is 2.45. The fourth-order valence-corrected chi connectivity index (χ4v) is 0.429. The highest BCUT2D eigenvalue weighted by molar-refractivity contribution is 9.09. The normalized spacial score (nSPS) is 10.0. The van der Waals surface area contributed by atoms with Crippen molar-refractivity contribution in [1.82, 2.24) is 0 Å². The molecule has 0 aliphatic heterocycles. The van der Waals surface area contributed by atoms with Gasteiger partial charge in [0.1, 0.15) is 0 Å². The molecule has 0 rings (SSSR count). The Labute approximate surface area is 70.8 Å². The molecule has 56 valence electrons. The molecule has 3 nitrogen and oxygen atoms in total. The Kier molecular flexibility index (Phi) is 9.67. The summed E-state index contributed by atoms with van der Waals surface area (Å²) in [5, 5.41) is 5.74. The predicted molar refractivity (Wildman–Crippen MR) is 40.6 cm³/mol. The van der Waals surface area contributed by atoms with Gasteiger partial charge in [0.15, 0.2) is 0 Å². The van der Waals surface area contributed by atoms with Crippen LogP contribution in [0.2, 0.25) is 0 Å². The van der Waals surface area contributed by atoms with Gasteiger partial charge in [0.25, 0.3) is 0 Å². The van der Waals surface area contributed by atoms with Gasteiger partial charge in [-0.25, -0.2) is 9.78 Å². The van der Waals surface area contributed by atoms with Crippen LogP contribution in [0.5, 0.6) is 0 Å². The van der Waals surface area contributed by atoms with Gasteiger partial charge in [0, 0.05) is 10.7 Å². The molecule has 9 heavy (non-hydrogen) atoms. The molecule has 0 heterocycles. The topological polar surface area (TPSA) is 27.7 Å². The molecule has 0 bridgehead atoms. The van der Waals surface area contributed by atoms with Crippen molar-refractivity contribution in [2.75, 3.05) is 23.9 Å². The lowest BCUT2D eigenvalue weighted by Gasteiger charge is -1.97. The average molecular weight is 264 g/mol. The van der Waals surface area contributed by atoms with Crippen LogP contribution in [-0.4, -0.2) is 23.9 Å². The molecule has 0 aliphatic rings. The Morgan fingerprint density at radius 2 is 1.33 bits per heavy atom. The van der Waals surface area contributed by atoms with Crippen molar-refractivity contribution in [3.63, 3.8) is 0 Å². The molecule has 0 radical (unpaired) electrons. The van der Waals surface area contributed by atoms with E-state index in [-0.39, 0.29) is 0 Å². The lowest BCUT2D eigenvalue weighted by molar-refractivity contribution is -0.508. The van der Waals surface area contributed by atoms with E-state index in [0.717, 1.165) is 10.7 Å². The first-order valence-corrected chi connectivity index (χ1v) is 4.69. The van der Waals surface area contributed by atoms with E-state index in [4.69, 9.17) is 0 Å². The van der Waals surface area contributed by atoms with Gasteiger partial charge in [0.2, 0.25) is 0 Å². The molecule has 5 heteroatoms. The van der Waals surface area contributed by atoms with Crippen molar-refractivity contribution in [2.45, 2.75) is 0 Å². The van der Waals surface area contributed by atoms with Gasteiger partial charge in [-0.2, -0.15) is 0 Å². The number of hydrogen-bond acceptors (Lipinski definition) is 3. The van der Waals surface area contributed by atoms with Crippen molar-refractivity contribution in [1.29, 1.82) is 0 Å². The second-order valence-electron chi connectivity index (χ2n) is 1.09. The van der Waals surface area contributed by atoms with Gasteiger partial charge in [-0.3, -0.25) is 0 Å². The number of halogens is 2. The van der Waals surface area contributed by atoms with E-state index in [0.29, 0.717) is 13.2 Å². The maximum absolute atomic E-state index is 4.49. The molecule has 0 aromatic rings. The smallest absolute Gasteiger partial charge is 0.0950 e. The van der Waals surface area contributed by atoms with Crippen LogP contribution >= 0.6 is 31.9 Å². The lowest BCUT2D eigenvalue weighted by atomic mass is 10.9. The fraction of sp³-hybridized carbons (Fsp3) is 1.00. The molecular weight excluding hydrogens is 256 g/mol. The minimum absolute atomic E-state index is 0.488. The first kappa shape index (κ1) is 9.84. The summed E-state index contributed by atoms with van der Waals surface area (Å²) >= 11 is 6.30. The maximum Gasteiger partial charge on any atom is 0.0950 e. The quantitative estimate of drug-likeness (QED) is 0.316. The number of alkyl halides is 2. The molecule has 0 fully saturated rings. The highest BCUT2D eigenvalue weighted by Crippen LogP contribution is 1.86. The lowest BCUT2D eigenvalue weighted by Crippen LogP contribution is -2.00. The predicted octanol–water partition coefficient (Wildman–Crippen LogP) is 1.66. The molecule has 0 unspecified atom stereocenters. The van der Waals surface area contributed by atoms with Gasteiger partial charge in [-0.15, -0.1) is 0 Å². The van der Waals surface area contributed by atoms with Crippen molar-refractivity contribution < 1.29 is 14.8 Å². The summed E-state index contributed by atoms with van der Waals surface area (Å²) < 4.78 is 0. The summed E-state index contributed by atoms with van der Waals surface area (Å²) in [5.74, 6) is 0. The van der Waals surface area contributed by atoms with Crippen molar-refractivity contribution in [3.8, 4) is 0 Å². The highest BCUT2D eigenvalue weighted by atomic mass is 79.9. The van der Waals surface area contributed by atoms with Gasteiger partial charge >= 0.3 is 0 Å². The standard InChI is InChI=1S/C4H8Br2O3/c5-1-3-7-9-8-4-2-6/h1-4H2. The van der Waals surface area contributed by atoms with E-state index in [1.807, 2.05) is 0 Å². The molecule has 0 atom stereocenters. The van der Waals surface area contributed by atoms with Crippen LogP contribution in [0.15, 0.2) is 0 Å². The summed E-state index contributed by atoms with van der Waals surface area (Å²) in [7, 11) is 0. The molecule has 0 aliphatic carbocycles. The van der Waals surface area contributed by atoms with Crippen LogP contribution in [0, 0.1) is 0 Å². The van der Waals surface area contributed by atoms with Gasteiger partial charge in [-0.05, 0) is 0 Å². The average Bonchev–Trinajstić information content (AvgIpc) is 1.89. The van der Waals surface area contributed by atoms with Crippen molar-refractivity contribution in [2.24, 2.45) is 0 Å². The zero-order valence-corrected chi connectivity index (χ0v) is 7.98. The second-order valence-corrected chi connectivity index (χ2v) is 2.68. The van der Waals surface area contributed by atoms with E-state index in [9.17, 15) is 0 Å². The second kappa shape index (κ2) is 8.84. The summed E-state index contributed by atoms with van der Waals surface area (Å²) in [6.07, 6.45) is 0. The third-order valence-corrected chi connectivity index (χ3v) is 1.06. The Morgan fingerprint density at radius 3 is 1.67 bits per heavy atom. The Morgan fingerprint density at radius 1 is 0.889 bits per heavy atom. The van der Waals surface area contributed by atoms with E-state index in [1.165, 1.54) is 0 Å². The van der Waals surface area contributed by atoms with E-state index in [2.05, 4.69) is 46.7 Å². The number of rotatable bonds is 6. The SMILES string of the molecule is BrCCOOOCCBr. The van der Waals surface area contributed by atoms with Crippen LogP contribution < -0.4 is 0 Å². The summed E-state index contributed by atoms with van der Waals surface area (Å²) in [6.45, 7) is 0.977. The molecule has 0 saturated heterocycles. The van der Waals surface area contributed by atoms with Crippen LogP contribution in [0.25, 0.3) is 0 Å². The molecule has 0 aromatic carbocycles. The molecule has 0 amide bonds. The largest absolute Gasteiger partial charge is 0.205 e.